The van der Waals surface area contributed by atoms with E-state index in [0.717, 1.165) is 24.0 Å². The van der Waals surface area contributed by atoms with Crippen molar-refractivity contribution in [2.45, 2.75) is 11.3 Å². The molecular formula is C16H12F3N5O2S. The van der Waals surface area contributed by atoms with Crippen LogP contribution in [0, 0.1) is 0 Å². The number of carbonyl (C=O) groups is 2. The molecule has 2 aromatic heterocycles. The zero-order chi connectivity index (χ0) is 19.6. The summed E-state index contributed by atoms with van der Waals surface area (Å²) in [4.78, 5) is 23.0. The summed E-state index contributed by atoms with van der Waals surface area (Å²) < 4.78 is 39.8. The molecule has 1 aromatic carbocycles. The number of alkyl halides is 3. The van der Waals surface area contributed by atoms with Crippen LogP contribution in [0.5, 0.6) is 0 Å². The molecule has 3 rings (SSSR count). The van der Waals surface area contributed by atoms with Gasteiger partial charge in [0.05, 0.1) is 11.3 Å². The van der Waals surface area contributed by atoms with E-state index in [0.29, 0.717) is 11.3 Å². The first-order chi connectivity index (χ1) is 12.7. The van der Waals surface area contributed by atoms with Crippen LogP contribution in [-0.4, -0.2) is 32.2 Å². The van der Waals surface area contributed by atoms with Crippen molar-refractivity contribution in [3.8, 4) is 0 Å². The average Bonchev–Trinajstić information content (AvgIpc) is 3.01. The lowest BCUT2D eigenvalue weighted by atomic mass is 10.1. The highest BCUT2D eigenvalue weighted by Gasteiger charge is 2.31. The molecule has 0 bridgehead atoms. The molecule has 2 heterocycles. The molecule has 3 N–H and O–H groups in total. The van der Waals surface area contributed by atoms with Crippen molar-refractivity contribution in [3.05, 3.63) is 53.7 Å². The molecule has 3 aromatic rings. The standard InChI is InChI=1S/C16H12F3N5O2S/c17-16(18,19)10-3-6-13-22-23-15(24(13)7-10)27-8-12(25)9-1-4-11(5-2-9)21-14(20)26/h1-7H,8H2,(H3,20,21,26). The number of carbonyl (C=O) groups excluding carboxylic acids is 2. The zero-order valence-corrected chi connectivity index (χ0v) is 14.3. The number of nitrogens with two attached hydrogens (primary N) is 1. The van der Waals surface area contributed by atoms with Gasteiger partial charge in [-0.2, -0.15) is 13.2 Å². The number of fused-ring (bicyclic) bond motifs is 1. The van der Waals surface area contributed by atoms with Gasteiger partial charge in [0.1, 0.15) is 0 Å². The Bertz CT molecular complexity index is 1000. The Morgan fingerprint density at radius 2 is 1.81 bits per heavy atom. The smallest absolute Gasteiger partial charge is 0.351 e. The van der Waals surface area contributed by atoms with E-state index in [-0.39, 0.29) is 22.3 Å². The molecule has 140 valence electrons. The van der Waals surface area contributed by atoms with E-state index >= 15 is 0 Å². The van der Waals surface area contributed by atoms with Gasteiger partial charge in [0.2, 0.25) is 0 Å². The van der Waals surface area contributed by atoms with Crippen LogP contribution in [0.1, 0.15) is 15.9 Å². The number of primary amides is 1. The minimum atomic E-state index is -4.49. The maximum absolute atomic E-state index is 12.9. The number of aromatic nitrogens is 3. The molecule has 0 aliphatic heterocycles. The molecule has 0 radical (unpaired) electrons. The number of urea groups is 1. The quantitative estimate of drug-likeness (QED) is 0.510. The van der Waals surface area contributed by atoms with E-state index in [1.807, 2.05) is 0 Å². The third kappa shape index (κ3) is 4.37. The zero-order valence-electron chi connectivity index (χ0n) is 13.5. The summed E-state index contributed by atoms with van der Waals surface area (Å²) in [5.41, 5.74) is 5.23. The molecular weight excluding hydrogens is 383 g/mol. The lowest BCUT2D eigenvalue weighted by molar-refractivity contribution is -0.137. The topological polar surface area (TPSA) is 102 Å². The van der Waals surface area contributed by atoms with Gasteiger partial charge < -0.3 is 11.1 Å². The van der Waals surface area contributed by atoms with Crippen LogP contribution in [0.2, 0.25) is 0 Å². The Labute approximate surface area is 154 Å². The second-order valence-corrected chi connectivity index (χ2v) is 6.35. The van der Waals surface area contributed by atoms with Crippen molar-refractivity contribution in [2.75, 3.05) is 11.1 Å². The van der Waals surface area contributed by atoms with Crippen molar-refractivity contribution >= 4 is 34.9 Å². The summed E-state index contributed by atoms with van der Waals surface area (Å²) in [7, 11) is 0. The Morgan fingerprint density at radius 1 is 1.11 bits per heavy atom. The number of halogens is 3. The molecule has 0 atom stereocenters. The van der Waals surface area contributed by atoms with E-state index in [9.17, 15) is 22.8 Å². The molecule has 27 heavy (non-hydrogen) atoms. The number of benzene rings is 1. The first-order valence-corrected chi connectivity index (χ1v) is 8.47. The summed E-state index contributed by atoms with van der Waals surface area (Å²) in [5.74, 6) is -0.297. The fourth-order valence-corrected chi connectivity index (χ4v) is 3.04. The van der Waals surface area contributed by atoms with Gasteiger partial charge in [0.15, 0.2) is 16.6 Å². The van der Waals surface area contributed by atoms with E-state index in [1.165, 1.54) is 34.7 Å². The predicted octanol–water partition coefficient (Wildman–Crippen LogP) is 3.21. The third-order valence-electron chi connectivity index (χ3n) is 3.51. The number of nitrogens with one attached hydrogen (secondary N) is 1. The van der Waals surface area contributed by atoms with Gasteiger partial charge in [-0.05, 0) is 36.4 Å². The number of ketones is 1. The summed E-state index contributed by atoms with van der Waals surface area (Å²) in [6.07, 6.45) is -3.59. The predicted molar refractivity (Wildman–Crippen MR) is 92.7 cm³/mol. The fourth-order valence-electron chi connectivity index (χ4n) is 2.23. The second-order valence-electron chi connectivity index (χ2n) is 5.40. The van der Waals surface area contributed by atoms with Gasteiger partial charge in [-0.1, -0.05) is 11.8 Å². The van der Waals surface area contributed by atoms with Crippen LogP contribution in [-0.2, 0) is 6.18 Å². The molecule has 0 spiro atoms. The fraction of sp³-hybridized carbons (Fsp3) is 0.125. The number of hydrogen-bond acceptors (Lipinski definition) is 5. The van der Waals surface area contributed by atoms with Crippen molar-refractivity contribution < 1.29 is 22.8 Å². The monoisotopic (exact) mass is 395 g/mol. The van der Waals surface area contributed by atoms with Gasteiger partial charge in [-0.25, -0.2) is 4.79 Å². The Kier molecular flexibility index (Phi) is 5.04. The van der Waals surface area contributed by atoms with E-state index in [1.54, 1.807) is 0 Å². The number of Topliss-reactive ketones (excluding diaryl/α,β-unsaturated/α-hetero) is 1. The minimum Gasteiger partial charge on any atom is -0.351 e. The van der Waals surface area contributed by atoms with Crippen LogP contribution < -0.4 is 11.1 Å². The molecule has 0 fully saturated rings. The van der Waals surface area contributed by atoms with Crippen LogP contribution in [0.3, 0.4) is 0 Å². The number of hydrogen-bond donors (Lipinski definition) is 2. The number of nitrogens with zero attached hydrogens (tertiary/aromatic N) is 3. The van der Waals surface area contributed by atoms with E-state index in [4.69, 9.17) is 5.73 Å². The number of anilines is 1. The number of pyridine rings is 1. The molecule has 0 unspecified atom stereocenters. The maximum Gasteiger partial charge on any atom is 0.417 e. The Morgan fingerprint density at radius 3 is 2.44 bits per heavy atom. The first-order valence-electron chi connectivity index (χ1n) is 7.48. The number of thioether (sulfide) groups is 1. The van der Waals surface area contributed by atoms with Crippen LogP contribution >= 0.6 is 11.8 Å². The number of rotatable bonds is 5. The molecule has 11 heteroatoms. The molecule has 0 aliphatic rings. The van der Waals surface area contributed by atoms with Gasteiger partial charge in [-0.3, -0.25) is 9.20 Å². The molecule has 0 saturated heterocycles. The Balaban J connectivity index is 1.72. The minimum absolute atomic E-state index is 0.0420. The van der Waals surface area contributed by atoms with E-state index < -0.39 is 17.8 Å². The summed E-state index contributed by atoms with van der Waals surface area (Å²) in [5, 5.41) is 10.2. The lowest BCUT2D eigenvalue weighted by Crippen LogP contribution is -2.19. The van der Waals surface area contributed by atoms with Crippen LogP contribution in [0.15, 0.2) is 47.8 Å². The third-order valence-corrected chi connectivity index (χ3v) is 4.45. The van der Waals surface area contributed by atoms with Crippen molar-refractivity contribution in [1.82, 2.24) is 14.6 Å². The van der Waals surface area contributed by atoms with E-state index in [2.05, 4.69) is 15.5 Å². The first kappa shape index (κ1) is 18.7. The van der Waals surface area contributed by atoms with Crippen molar-refractivity contribution in [1.29, 1.82) is 0 Å². The van der Waals surface area contributed by atoms with Crippen molar-refractivity contribution in [2.24, 2.45) is 5.73 Å². The van der Waals surface area contributed by atoms with Crippen LogP contribution in [0.25, 0.3) is 5.65 Å². The van der Waals surface area contributed by atoms with Gasteiger partial charge >= 0.3 is 12.2 Å². The van der Waals surface area contributed by atoms with Gasteiger partial charge in [-0.15, -0.1) is 10.2 Å². The molecule has 7 nitrogen and oxygen atoms in total. The van der Waals surface area contributed by atoms with Gasteiger partial charge in [0, 0.05) is 17.4 Å². The normalized spacial score (nSPS) is 11.5. The molecule has 0 aliphatic carbocycles. The lowest BCUT2D eigenvalue weighted by Gasteiger charge is -2.07. The second kappa shape index (κ2) is 7.27. The van der Waals surface area contributed by atoms with Gasteiger partial charge in [0.25, 0.3) is 0 Å². The van der Waals surface area contributed by atoms with Crippen LogP contribution in [0.4, 0.5) is 23.7 Å². The maximum atomic E-state index is 12.9. The molecule has 2 amide bonds. The van der Waals surface area contributed by atoms with Crippen molar-refractivity contribution in [3.63, 3.8) is 0 Å². The molecule has 0 saturated carbocycles. The summed E-state index contributed by atoms with van der Waals surface area (Å²) >= 11 is 0.976. The largest absolute Gasteiger partial charge is 0.417 e. The summed E-state index contributed by atoms with van der Waals surface area (Å²) in [6.45, 7) is 0. The highest BCUT2D eigenvalue weighted by Crippen LogP contribution is 2.30. The Hall–Kier alpha value is -3.08. The highest BCUT2D eigenvalue weighted by atomic mass is 32.2. The average molecular weight is 395 g/mol. The SMILES string of the molecule is NC(=O)Nc1ccc(C(=O)CSc2nnc3ccc(C(F)(F)F)cn23)cc1. The summed E-state index contributed by atoms with van der Waals surface area (Å²) in [6, 6.07) is 7.48. The highest BCUT2D eigenvalue weighted by molar-refractivity contribution is 7.99. The number of amides is 2.